The van der Waals surface area contributed by atoms with Crippen LogP contribution in [0.15, 0.2) is 54.9 Å². The Bertz CT molecular complexity index is 489. The molecule has 2 atom stereocenters. The number of hydrogen-bond donors (Lipinski definition) is 1. The zero-order valence-corrected chi connectivity index (χ0v) is 10.9. The number of pyridine rings is 1. The molecule has 0 saturated carbocycles. The Morgan fingerprint density at radius 3 is 2.22 bits per heavy atom. The highest BCUT2D eigenvalue weighted by molar-refractivity contribution is 7.84. The molecule has 3 nitrogen and oxygen atoms in total. The number of benzene rings is 1. The Morgan fingerprint density at radius 1 is 1.11 bits per heavy atom. The lowest BCUT2D eigenvalue weighted by Crippen LogP contribution is -2.33. The number of aromatic nitrogens is 1. The summed E-state index contributed by atoms with van der Waals surface area (Å²) in [5.74, 6) is 0.168. The molecule has 0 aliphatic carbocycles. The van der Waals surface area contributed by atoms with Gasteiger partial charge in [0.25, 0.3) is 0 Å². The minimum Gasteiger partial charge on any atom is -0.379 e. The van der Waals surface area contributed by atoms with Gasteiger partial charge in [0, 0.05) is 29.4 Å². The Hall–Kier alpha value is -1.52. The van der Waals surface area contributed by atoms with Crippen molar-refractivity contribution in [1.29, 1.82) is 0 Å². The SMILES string of the molecule is C[S@@](=O)C[C@](O)(c1ccccc1)c1ccncc1. The quantitative estimate of drug-likeness (QED) is 0.911. The van der Waals surface area contributed by atoms with Crippen molar-refractivity contribution in [3.05, 3.63) is 66.0 Å². The topological polar surface area (TPSA) is 50.2 Å². The Labute approximate surface area is 109 Å². The maximum atomic E-state index is 11.5. The molecule has 1 heterocycles. The Balaban J connectivity index is 2.51. The van der Waals surface area contributed by atoms with Crippen LogP contribution in [0.3, 0.4) is 0 Å². The third-order valence-corrected chi connectivity index (χ3v) is 3.65. The largest absolute Gasteiger partial charge is 0.379 e. The maximum absolute atomic E-state index is 11.5. The molecular weight excluding hydrogens is 246 g/mol. The van der Waals surface area contributed by atoms with Crippen LogP contribution in [0.2, 0.25) is 0 Å². The molecule has 4 heteroatoms. The highest BCUT2D eigenvalue weighted by atomic mass is 32.2. The molecule has 0 aliphatic heterocycles. The Morgan fingerprint density at radius 2 is 1.67 bits per heavy atom. The van der Waals surface area contributed by atoms with E-state index in [0.717, 1.165) is 5.56 Å². The lowest BCUT2D eigenvalue weighted by molar-refractivity contribution is 0.106. The van der Waals surface area contributed by atoms with Crippen molar-refractivity contribution in [3.8, 4) is 0 Å². The number of rotatable bonds is 4. The molecule has 0 unspecified atom stereocenters. The standard InChI is InChI=1S/C14H15NO2S/c1-18(17)11-14(16,12-5-3-2-4-6-12)13-7-9-15-10-8-13/h2-10,16H,11H2,1H3/t14-,18+/m0/s1. The van der Waals surface area contributed by atoms with Gasteiger partial charge in [-0.2, -0.15) is 0 Å². The van der Waals surface area contributed by atoms with Crippen LogP contribution in [-0.2, 0) is 16.4 Å². The van der Waals surface area contributed by atoms with Gasteiger partial charge >= 0.3 is 0 Å². The monoisotopic (exact) mass is 261 g/mol. The zero-order valence-electron chi connectivity index (χ0n) is 10.1. The molecule has 0 bridgehead atoms. The smallest absolute Gasteiger partial charge is 0.126 e. The first-order chi connectivity index (χ1) is 8.63. The summed E-state index contributed by atoms with van der Waals surface area (Å²) in [6, 6.07) is 12.8. The predicted molar refractivity (Wildman–Crippen MR) is 72.6 cm³/mol. The minimum atomic E-state index is -1.23. The van der Waals surface area contributed by atoms with Crippen molar-refractivity contribution in [2.75, 3.05) is 12.0 Å². The van der Waals surface area contributed by atoms with Crippen LogP contribution in [0.1, 0.15) is 11.1 Å². The predicted octanol–water partition coefficient (Wildman–Crippen LogP) is 1.70. The molecule has 0 fully saturated rings. The summed E-state index contributed by atoms with van der Waals surface area (Å²) < 4.78 is 11.5. The zero-order chi connectivity index (χ0) is 13.0. The van der Waals surface area contributed by atoms with E-state index in [4.69, 9.17) is 0 Å². The maximum Gasteiger partial charge on any atom is 0.126 e. The van der Waals surface area contributed by atoms with Gasteiger partial charge in [0.15, 0.2) is 0 Å². The molecule has 0 amide bonds. The molecule has 0 aliphatic rings. The van der Waals surface area contributed by atoms with E-state index in [-0.39, 0.29) is 5.75 Å². The second kappa shape index (κ2) is 5.42. The van der Waals surface area contributed by atoms with E-state index in [9.17, 15) is 9.32 Å². The molecule has 0 saturated heterocycles. The summed E-state index contributed by atoms with van der Waals surface area (Å²) >= 11 is 0. The molecule has 18 heavy (non-hydrogen) atoms. The molecule has 94 valence electrons. The molecule has 2 aromatic rings. The average molecular weight is 261 g/mol. The van der Waals surface area contributed by atoms with Gasteiger partial charge in [-0.15, -0.1) is 0 Å². The van der Waals surface area contributed by atoms with Gasteiger partial charge in [0.2, 0.25) is 0 Å². The van der Waals surface area contributed by atoms with Crippen LogP contribution in [0.25, 0.3) is 0 Å². The second-order valence-electron chi connectivity index (χ2n) is 4.18. The van der Waals surface area contributed by atoms with Crippen LogP contribution in [0.5, 0.6) is 0 Å². The normalized spacial score (nSPS) is 15.9. The third kappa shape index (κ3) is 2.66. The summed E-state index contributed by atoms with van der Waals surface area (Å²) in [4.78, 5) is 3.94. The highest BCUT2D eigenvalue weighted by Gasteiger charge is 2.32. The molecular formula is C14H15NO2S. The van der Waals surface area contributed by atoms with Gasteiger partial charge in [-0.3, -0.25) is 9.19 Å². The van der Waals surface area contributed by atoms with Crippen LogP contribution in [0, 0.1) is 0 Å². The molecule has 1 N–H and O–H groups in total. The summed E-state index contributed by atoms with van der Waals surface area (Å²) in [6.07, 6.45) is 4.85. The minimum absolute atomic E-state index is 0.168. The summed E-state index contributed by atoms with van der Waals surface area (Å²) in [6.45, 7) is 0. The first kappa shape index (κ1) is 12.9. The summed E-state index contributed by atoms with van der Waals surface area (Å²) in [5, 5.41) is 10.9. The number of nitrogens with zero attached hydrogens (tertiary/aromatic N) is 1. The van der Waals surface area contributed by atoms with E-state index in [2.05, 4.69) is 4.98 Å². The molecule has 2 rings (SSSR count). The van der Waals surface area contributed by atoms with Crippen molar-refractivity contribution >= 4 is 10.8 Å². The van der Waals surface area contributed by atoms with Crippen molar-refractivity contribution in [2.45, 2.75) is 5.60 Å². The van der Waals surface area contributed by atoms with Crippen molar-refractivity contribution in [2.24, 2.45) is 0 Å². The number of hydrogen-bond acceptors (Lipinski definition) is 3. The fraction of sp³-hybridized carbons (Fsp3) is 0.214. The van der Waals surface area contributed by atoms with Gasteiger partial charge in [0.1, 0.15) is 5.60 Å². The van der Waals surface area contributed by atoms with Crippen LogP contribution >= 0.6 is 0 Å². The van der Waals surface area contributed by atoms with E-state index in [1.807, 2.05) is 30.3 Å². The van der Waals surface area contributed by atoms with E-state index in [1.54, 1.807) is 30.8 Å². The lowest BCUT2D eigenvalue weighted by atomic mass is 9.89. The summed E-state index contributed by atoms with van der Waals surface area (Å²) in [5.41, 5.74) is 0.217. The van der Waals surface area contributed by atoms with Crippen molar-refractivity contribution in [3.63, 3.8) is 0 Å². The van der Waals surface area contributed by atoms with E-state index < -0.39 is 16.4 Å². The molecule has 0 radical (unpaired) electrons. The van der Waals surface area contributed by atoms with E-state index in [1.165, 1.54) is 0 Å². The van der Waals surface area contributed by atoms with Crippen molar-refractivity contribution < 1.29 is 9.32 Å². The fourth-order valence-electron chi connectivity index (χ4n) is 1.97. The summed E-state index contributed by atoms with van der Waals surface area (Å²) in [7, 11) is -1.11. The van der Waals surface area contributed by atoms with Gasteiger partial charge in [0.05, 0.1) is 5.75 Å². The first-order valence-electron chi connectivity index (χ1n) is 5.61. The van der Waals surface area contributed by atoms with Gasteiger partial charge in [-0.25, -0.2) is 0 Å². The highest BCUT2D eigenvalue weighted by Crippen LogP contribution is 2.29. The van der Waals surface area contributed by atoms with Crippen LogP contribution < -0.4 is 0 Å². The first-order valence-corrected chi connectivity index (χ1v) is 7.34. The lowest BCUT2D eigenvalue weighted by Gasteiger charge is -2.28. The second-order valence-corrected chi connectivity index (χ2v) is 5.61. The average Bonchev–Trinajstić information content (AvgIpc) is 2.40. The molecule has 0 spiro atoms. The third-order valence-electron chi connectivity index (χ3n) is 2.82. The van der Waals surface area contributed by atoms with Crippen LogP contribution in [-0.4, -0.2) is 26.3 Å². The van der Waals surface area contributed by atoms with Gasteiger partial charge in [-0.1, -0.05) is 30.3 Å². The van der Waals surface area contributed by atoms with Crippen LogP contribution in [0.4, 0.5) is 0 Å². The van der Waals surface area contributed by atoms with E-state index >= 15 is 0 Å². The van der Waals surface area contributed by atoms with Gasteiger partial charge < -0.3 is 5.11 Å². The molecule has 1 aromatic heterocycles. The molecule has 1 aromatic carbocycles. The van der Waals surface area contributed by atoms with E-state index in [0.29, 0.717) is 5.56 Å². The number of aliphatic hydroxyl groups is 1. The fourth-order valence-corrected chi connectivity index (χ4v) is 2.89. The van der Waals surface area contributed by atoms with Gasteiger partial charge in [-0.05, 0) is 23.3 Å². The van der Waals surface area contributed by atoms with Crippen molar-refractivity contribution in [1.82, 2.24) is 4.98 Å². The Kier molecular flexibility index (Phi) is 3.89.